The van der Waals surface area contributed by atoms with Crippen molar-refractivity contribution < 1.29 is 43.8 Å². The molecule has 0 saturated carbocycles. The number of alkyl halides is 6. The number of nitrogens with zero attached hydrogens (tertiary/aromatic N) is 2. The number of hydrogen-bond acceptors (Lipinski definition) is 4. The van der Waals surface area contributed by atoms with Gasteiger partial charge in [-0.15, -0.1) is 0 Å². The van der Waals surface area contributed by atoms with Gasteiger partial charge >= 0.3 is 11.7 Å². The van der Waals surface area contributed by atoms with E-state index in [0.717, 1.165) is 19.6 Å². The lowest BCUT2D eigenvalue weighted by Crippen LogP contribution is -2.69. The minimum absolute atomic E-state index is 0.278. The zero-order chi connectivity index (χ0) is 16.5. The maximum Gasteiger partial charge on any atom is 0.485 e. The van der Waals surface area contributed by atoms with Crippen LogP contribution in [0.2, 0.25) is 0 Å². The van der Waals surface area contributed by atoms with E-state index in [1.54, 1.807) is 0 Å². The van der Waals surface area contributed by atoms with Crippen molar-refractivity contribution in [3.63, 3.8) is 0 Å². The zero-order valence-corrected chi connectivity index (χ0v) is 11.6. The van der Waals surface area contributed by atoms with E-state index >= 15 is 0 Å². The predicted molar refractivity (Wildman–Crippen MR) is 58.0 cm³/mol. The summed E-state index contributed by atoms with van der Waals surface area (Å²) in [7, 11) is -6.09. The monoisotopic (exact) mass is 344 g/mol. The molecule has 3 aliphatic rings. The molecule has 12 heteroatoms. The SMILES string of the molecule is FC(F)(F)C[N+]12CCN(CC1)CC2.O=S(=O)([O-])C(F)(F)F. The van der Waals surface area contributed by atoms with Crippen LogP contribution < -0.4 is 0 Å². The molecule has 5 nitrogen and oxygen atoms in total. The van der Waals surface area contributed by atoms with Crippen LogP contribution in [0.4, 0.5) is 26.3 Å². The average Bonchev–Trinajstić information content (AvgIpc) is 2.26. The first-order chi connectivity index (χ1) is 9.24. The summed E-state index contributed by atoms with van der Waals surface area (Å²) in [5.41, 5.74) is -5.65. The fourth-order valence-electron chi connectivity index (χ4n) is 2.35. The van der Waals surface area contributed by atoms with Crippen LogP contribution in [0.15, 0.2) is 0 Å². The van der Waals surface area contributed by atoms with E-state index in [0.29, 0.717) is 19.6 Å². The number of halogens is 6. The number of fused-ring (bicyclic) bond motifs is 3. The van der Waals surface area contributed by atoms with Crippen molar-refractivity contribution in [1.29, 1.82) is 0 Å². The van der Waals surface area contributed by atoms with Gasteiger partial charge in [0.15, 0.2) is 16.7 Å². The Kier molecular flexibility index (Phi) is 5.18. The van der Waals surface area contributed by atoms with Gasteiger partial charge in [-0.25, -0.2) is 8.42 Å². The summed E-state index contributed by atoms with van der Waals surface area (Å²) >= 11 is 0. The first-order valence-electron chi connectivity index (χ1n) is 5.91. The molecule has 3 fully saturated rings. The Morgan fingerprint density at radius 3 is 1.52 bits per heavy atom. The largest absolute Gasteiger partial charge is 0.741 e. The number of rotatable bonds is 1. The molecular weight excluding hydrogens is 330 g/mol. The van der Waals surface area contributed by atoms with Gasteiger partial charge in [0, 0.05) is 19.6 Å². The van der Waals surface area contributed by atoms with E-state index in [-0.39, 0.29) is 4.48 Å². The Morgan fingerprint density at radius 2 is 1.29 bits per heavy atom. The molecule has 3 rings (SSSR count). The Morgan fingerprint density at radius 1 is 0.952 bits per heavy atom. The molecule has 0 aliphatic carbocycles. The normalized spacial score (nSPS) is 29.8. The van der Waals surface area contributed by atoms with Crippen LogP contribution in [-0.4, -0.2) is 79.9 Å². The molecule has 0 unspecified atom stereocenters. The highest BCUT2D eigenvalue weighted by molar-refractivity contribution is 7.86. The van der Waals surface area contributed by atoms with E-state index < -0.39 is 28.3 Å². The maximum atomic E-state index is 12.3. The zero-order valence-electron chi connectivity index (χ0n) is 10.7. The summed E-state index contributed by atoms with van der Waals surface area (Å²) < 4.78 is 96.0. The molecule has 3 aliphatic heterocycles. The van der Waals surface area contributed by atoms with Crippen molar-refractivity contribution in [3.05, 3.63) is 0 Å². The Hall–Kier alpha value is -0.590. The van der Waals surface area contributed by atoms with Crippen molar-refractivity contribution in [2.24, 2.45) is 0 Å². The van der Waals surface area contributed by atoms with Crippen LogP contribution in [0.1, 0.15) is 0 Å². The topological polar surface area (TPSA) is 60.4 Å². The van der Waals surface area contributed by atoms with Crippen LogP contribution in [0.5, 0.6) is 0 Å². The third-order valence-corrected chi connectivity index (χ3v) is 4.04. The molecule has 0 radical (unpaired) electrons. The third kappa shape index (κ3) is 5.60. The van der Waals surface area contributed by atoms with Crippen LogP contribution in [-0.2, 0) is 10.1 Å². The average molecular weight is 344 g/mol. The third-order valence-electron chi connectivity index (χ3n) is 3.47. The lowest BCUT2D eigenvalue weighted by molar-refractivity contribution is -0.949. The molecule has 126 valence electrons. The summed E-state index contributed by atoms with van der Waals surface area (Å²) in [5.74, 6) is 0. The second-order valence-corrected chi connectivity index (χ2v) is 6.40. The lowest BCUT2D eigenvalue weighted by Gasteiger charge is -2.50. The van der Waals surface area contributed by atoms with Crippen LogP contribution in [0, 0.1) is 0 Å². The predicted octanol–water partition coefficient (Wildman–Crippen LogP) is 0.746. The quantitative estimate of drug-likeness (QED) is 0.305. The number of quaternary nitrogens is 1. The molecule has 0 aromatic heterocycles. The van der Waals surface area contributed by atoms with Gasteiger partial charge < -0.3 is 9.04 Å². The first-order valence-corrected chi connectivity index (χ1v) is 7.31. The minimum Gasteiger partial charge on any atom is -0.741 e. The van der Waals surface area contributed by atoms with E-state index in [1.165, 1.54) is 0 Å². The van der Waals surface area contributed by atoms with Gasteiger partial charge in [0.1, 0.15) is 0 Å². The van der Waals surface area contributed by atoms with Gasteiger partial charge in [-0.1, -0.05) is 0 Å². The molecule has 0 atom stereocenters. The first kappa shape index (κ1) is 18.5. The molecule has 21 heavy (non-hydrogen) atoms. The molecule has 3 heterocycles. The van der Waals surface area contributed by atoms with Gasteiger partial charge in [0.05, 0.1) is 19.6 Å². The summed E-state index contributed by atoms with van der Waals surface area (Å²) in [6.45, 7) is 3.95. The minimum atomic E-state index is -6.09. The maximum absolute atomic E-state index is 12.3. The van der Waals surface area contributed by atoms with Gasteiger partial charge in [-0.3, -0.25) is 4.90 Å². The summed E-state index contributed by atoms with van der Waals surface area (Å²) in [5, 5.41) is 0. The second kappa shape index (κ2) is 5.89. The van der Waals surface area contributed by atoms with Crippen molar-refractivity contribution in [2.75, 3.05) is 45.8 Å². The lowest BCUT2D eigenvalue weighted by atomic mass is 10.1. The molecule has 0 aromatic carbocycles. The molecule has 2 bridgehead atoms. The van der Waals surface area contributed by atoms with Crippen LogP contribution in [0.3, 0.4) is 0 Å². The Labute approximate surface area is 117 Å². The van der Waals surface area contributed by atoms with Gasteiger partial charge in [-0.2, -0.15) is 26.3 Å². The highest BCUT2D eigenvalue weighted by Gasteiger charge is 2.46. The van der Waals surface area contributed by atoms with Crippen LogP contribution in [0.25, 0.3) is 0 Å². The molecule has 3 saturated heterocycles. The molecule has 0 N–H and O–H groups in total. The van der Waals surface area contributed by atoms with Crippen molar-refractivity contribution in [2.45, 2.75) is 11.7 Å². The van der Waals surface area contributed by atoms with Crippen molar-refractivity contribution in [3.8, 4) is 0 Å². The van der Waals surface area contributed by atoms with E-state index in [2.05, 4.69) is 4.90 Å². The molecule has 0 amide bonds. The van der Waals surface area contributed by atoms with Crippen LogP contribution >= 0.6 is 0 Å². The van der Waals surface area contributed by atoms with E-state index in [4.69, 9.17) is 13.0 Å². The smallest absolute Gasteiger partial charge is 0.485 e. The summed E-state index contributed by atoms with van der Waals surface area (Å²) in [6, 6.07) is 0. The number of piperazine rings is 3. The second-order valence-electron chi connectivity index (χ2n) is 5.03. The van der Waals surface area contributed by atoms with Crippen molar-refractivity contribution in [1.82, 2.24) is 4.90 Å². The van der Waals surface area contributed by atoms with Gasteiger partial charge in [0.25, 0.3) is 0 Å². The van der Waals surface area contributed by atoms with Gasteiger partial charge in [0.2, 0.25) is 0 Å². The summed E-state index contributed by atoms with van der Waals surface area (Å²) in [6.07, 6.45) is -4.00. The molecule has 0 aromatic rings. The van der Waals surface area contributed by atoms with E-state index in [1.807, 2.05) is 0 Å². The summed E-state index contributed by atoms with van der Waals surface area (Å²) in [4.78, 5) is 2.25. The Balaban J connectivity index is 0.000000240. The Bertz CT molecular complexity index is 439. The fraction of sp³-hybridized carbons (Fsp3) is 1.00. The van der Waals surface area contributed by atoms with E-state index in [9.17, 15) is 26.3 Å². The van der Waals surface area contributed by atoms with Gasteiger partial charge in [-0.05, 0) is 0 Å². The molecule has 0 spiro atoms. The fourth-order valence-corrected chi connectivity index (χ4v) is 2.35. The van der Waals surface area contributed by atoms with Crippen molar-refractivity contribution >= 4 is 10.1 Å². The number of hydrogen-bond donors (Lipinski definition) is 0. The standard InChI is InChI=1S/C8H14F3N2.CHF3O3S/c9-8(10,11)7-13-4-1-12(2-5-13)3-6-13;2-1(3,4)8(5,6)7/h1-7H2;(H,5,6,7)/q+1;/p-1. The highest BCUT2D eigenvalue weighted by Crippen LogP contribution is 2.26. The molecular formula is C9H14F6N2O3S. The highest BCUT2D eigenvalue weighted by atomic mass is 32.2.